The zero-order chi connectivity index (χ0) is 17.0. The highest BCUT2D eigenvalue weighted by Gasteiger charge is 2.20. The van der Waals surface area contributed by atoms with Crippen LogP contribution in [0.25, 0.3) is 0 Å². The van der Waals surface area contributed by atoms with E-state index in [1.807, 2.05) is 13.8 Å². The maximum Gasteiger partial charge on any atom is 0.258 e. The van der Waals surface area contributed by atoms with Crippen LogP contribution in [0.15, 0.2) is 12.1 Å². The molecule has 1 amide bonds. The van der Waals surface area contributed by atoms with Crippen molar-refractivity contribution in [3.05, 3.63) is 46.3 Å². The van der Waals surface area contributed by atoms with Gasteiger partial charge in [0.25, 0.3) is 5.91 Å². The number of rotatable bonds is 6. The van der Waals surface area contributed by atoms with Crippen LogP contribution in [-0.2, 0) is 6.42 Å². The number of aromatic amines is 1. The van der Waals surface area contributed by atoms with Gasteiger partial charge in [0, 0.05) is 12.2 Å². The highest BCUT2D eigenvalue weighted by molar-refractivity contribution is 5.97. The predicted octanol–water partition coefficient (Wildman–Crippen LogP) is 2.68. The first kappa shape index (κ1) is 16.9. The summed E-state index contributed by atoms with van der Waals surface area (Å²) in [5, 5.41) is 9.58. The number of nitrogens with one attached hydrogen (secondary N) is 2. The van der Waals surface area contributed by atoms with Crippen molar-refractivity contribution in [2.45, 2.75) is 26.7 Å². The number of carbonyl (C=O) groups excluding carboxylic acids is 1. The Bertz CT molecular complexity index is 694. The highest BCUT2D eigenvalue weighted by Crippen LogP contribution is 2.23. The van der Waals surface area contributed by atoms with E-state index in [9.17, 15) is 13.6 Å². The number of benzene rings is 1. The van der Waals surface area contributed by atoms with E-state index in [-0.39, 0.29) is 5.75 Å². The van der Waals surface area contributed by atoms with Crippen molar-refractivity contribution in [3.63, 3.8) is 0 Å². The topological polar surface area (TPSA) is 67.0 Å². The first-order valence-electron chi connectivity index (χ1n) is 7.26. The maximum absolute atomic E-state index is 13.8. The second kappa shape index (κ2) is 7.21. The number of H-pyrrole nitrogens is 1. The molecule has 1 heterocycles. The largest absolute Gasteiger partial charge is 0.496 e. The van der Waals surface area contributed by atoms with Gasteiger partial charge in [-0.05, 0) is 44.4 Å². The molecule has 2 aromatic rings. The Labute approximate surface area is 133 Å². The van der Waals surface area contributed by atoms with Crippen LogP contribution in [0.1, 0.15) is 33.7 Å². The normalized spacial score (nSPS) is 10.7. The third-order valence-corrected chi connectivity index (χ3v) is 3.67. The Morgan fingerprint density at radius 2 is 2.09 bits per heavy atom. The molecule has 0 atom stereocenters. The molecule has 0 unspecified atom stereocenters. The summed E-state index contributed by atoms with van der Waals surface area (Å²) in [4.78, 5) is 12.1. The summed E-state index contributed by atoms with van der Waals surface area (Å²) in [6.07, 6.45) is 1.39. The van der Waals surface area contributed by atoms with Crippen molar-refractivity contribution in [1.29, 1.82) is 0 Å². The first-order chi connectivity index (χ1) is 11.0. The molecule has 1 aromatic carbocycles. The number of nitrogens with zero attached hydrogens (tertiary/aromatic N) is 1. The van der Waals surface area contributed by atoms with Gasteiger partial charge in [0.05, 0.1) is 12.8 Å². The van der Waals surface area contributed by atoms with Crippen LogP contribution in [0.3, 0.4) is 0 Å². The molecule has 0 aliphatic rings. The van der Waals surface area contributed by atoms with Crippen molar-refractivity contribution < 1.29 is 18.3 Å². The zero-order valence-electron chi connectivity index (χ0n) is 13.3. The van der Waals surface area contributed by atoms with Crippen molar-refractivity contribution in [2.24, 2.45) is 0 Å². The van der Waals surface area contributed by atoms with E-state index >= 15 is 0 Å². The Morgan fingerprint density at radius 1 is 1.35 bits per heavy atom. The Kier molecular flexibility index (Phi) is 5.31. The summed E-state index contributed by atoms with van der Waals surface area (Å²) in [6, 6.07) is 2.15. The molecule has 1 aromatic heterocycles. The fourth-order valence-corrected chi connectivity index (χ4v) is 2.41. The van der Waals surface area contributed by atoms with Crippen LogP contribution >= 0.6 is 0 Å². The van der Waals surface area contributed by atoms with Crippen LogP contribution in [-0.4, -0.2) is 29.8 Å². The second-order valence-corrected chi connectivity index (χ2v) is 5.21. The summed E-state index contributed by atoms with van der Waals surface area (Å²) in [5.41, 5.74) is 2.61. The third kappa shape index (κ3) is 3.67. The monoisotopic (exact) mass is 323 g/mol. The molecule has 0 saturated carbocycles. The van der Waals surface area contributed by atoms with Crippen LogP contribution in [0.5, 0.6) is 5.75 Å². The molecule has 7 heteroatoms. The number of ether oxygens (including phenoxy) is 1. The van der Waals surface area contributed by atoms with E-state index < -0.39 is 23.1 Å². The molecule has 0 saturated heterocycles. The molecule has 0 aliphatic heterocycles. The lowest BCUT2D eigenvalue weighted by Crippen LogP contribution is -2.26. The molecule has 0 aliphatic carbocycles. The minimum atomic E-state index is -1.21. The molecule has 5 nitrogen and oxygen atoms in total. The predicted molar refractivity (Wildman–Crippen MR) is 81.6 cm³/mol. The molecule has 2 rings (SSSR count). The number of aryl methyl sites for hydroxylation is 2. The van der Waals surface area contributed by atoms with Gasteiger partial charge >= 0.3 is 0 Å². The molecular formula is C16H19F2N3O2. The quantitative estimate of drug-likeness (QED) is 0.803. The van der Waals surface area contributed by atoms with Crippen LogP contribution in [0.2, 0.25) is 0 Å². The summed E-state index contributed by atoms with van der Waals surface area (Å²) in [6.45, 7) is 4.17. The fourth-order valence-electron chi connectivity index (χ4n) is 2.41. The smallest absolute Gasteiger partial charge is 0.258 e. The molecule has 0 radical (unpaired) electrons. The van der Waals surface area contributed by atoms with Crippen LogP contribution in [0, 0.1) is 25.5 Å². The molecule has 0 bridgehead atoms. The van der Waals surface area contributed by atoms with Crippen molar-refractivity contribution in [1.82, 2.24) is 15.5 Å². The van der Waals surface area contributed by atoms with Crippen LogP contribution in [0.4, 0.5) is 8.78 Å². The zero-order valence-corrected chi connectivity index (χ0v) is 13.3. The van der Waals surface area contributed by atoms with Crippen molar-refractivity contribution in [3.8, 4) is 5.75 Å². The van der Waals surface area contributed by atoms with E-state index in [0.29, 0.717) is 13.0 Å². The summed E-state index contributed by atoms with van der Waals surface area (Å²) < 4.78 is 32.0. The minimum absolute atomic E-state index is 0.00271. The molecule has 0 spiro atoms. The number of aromatic nitrogens is 2. The van der Waals surface area contributed by atoms with Gasteiger partial charge in [0.15, 0.2) is 11.6 Å². The van der Waals surface area contributed by atoms with E-state index in [1.54, 1.807) is 0 Å². The lowest BCUT2D eigenvalue weighted by molar-refractivity contribution is 0.0944. The van der Waals surface area contributed by atoms with Crippen LogP contribution < -0.4 is 10.1 Å². The molecule has 2 N–H and O–H groups in total. The van der Waals surface area contributed by atoms with Crippen molar-refractivity contribution >= 4 is 5.91 Å². The summed E-state index contributed by atoms with van der Waals surface area (Å²) in [7, 11) is 1.30. The van der Waals surface area contributed by atoms with Gasteiger partial charge in [-0.15, -0.1) is 0 Å². The lowest BCUT2D eigenvalue weighted by atomic mass is 10.1. The fraction of sp³-hybridized carbons (Fsp3) is 0.375. The Morgan fingerprint density at radius 3 is 2.70 bits per heavy atom. The molecule has 0 fully saturated rings. The SMILES string of the molecule is COc1ccc(F)c(F)c1C(=O)NCCCc1c(C)n[nH]c1C. The number of hydrogen-bond acceptors (Lipinski definition) is 3. The van der Waals surface area contributed by atoms with Gasteiger partial charge in [0.2, 0.25) is 0 Å². The number of hydrogen-bond donors (Lipinski definition) is 2. The summed E-state index contributed by atoms with van der Waals surface area (Å²) in [5.74, 6) is -2.98. The van der Waals surface area contributed by atoms with Gasteiger partial charge in [-0.2, -0.15) is 5.10 Å². The van der Waals surface area contributed by atoms with Gasteiger partial charge in [0.1, 0.15) is 11.3 Å². The lowest BCUT2D eigenvalue weighted by Gasteiger charge is -2.10. The van der Waals surface area contributed by atoms with E-state index in [2.05, 4.69) is 15.5 Å². The summed E-state index contributed by atoms with van der Waals surface area (Å²) >= 11 is 0. The molecular weight excluding hydrogens is 304 g/mol. The average molecular weight is 323 g/mol. The maximum atomic E-state index is 13.8. The van der Waals surface area contributed by atoms with Gasteiger partial charge in [-0.3, -0.25) is 9.89 Å². The first-order valence-corrected chi connectivity index (χ1v) is 7.26. The average Bonchev–Trinajstić information content (AvgIpc) is 2.85. The number of amides is 1. The minimum Gasteiger partial charge on any atom is -0.496 e. The van der Waals surface area contributed by atoms with Crippen molar-refractivity contribution in [2.75, 3.05) is 13.7 Å². The third-order valence-electron chi connectivity index (χ3n) is 3.67. The standard InChI is InChI=1S/C16H19F2N3O2/c1-9-11(10(2)21-20-9)5-4-8-19-16(22)14-13(23-3)7-6-12(17)15(14)18/h6-7H,4-5,8H2,1-3H3,(H,19,22)(H,20,21). The number of halogens is 2. The Hall–Kier alpha value is -2.44. The number of methoxy groups -OCH3 is 1. The van der Waals surface area contributed by atoms with Gasteiger partial charge in [-0.1, -0.05) is 0 Å². The van der Waals surface area contributed by atoms with Gasteiger partial charge in [-0.25, -0.2) is 8.78 Å². The van der Waals surface area contributed by atoms with Gasteiger partial charge < -0.3 is 10.1 Å². The molecule has 23 heavy (non-hydrogen) atoms. The Balaban J connectivity index is 1.97. The van der Waals surface area contributed by atoms with E-state index in [0.717, 1.165) is 29.4 Å². The van der Waals surface area contributed by atoms with E-state index in [4.69, 9.17) is 4.74 Å². The van der Waals surface area contributed by atoms with E-state index in [1.165, 1.54) is 13.2 Å². The highest BCUT2D eigenvalue weighted by atomic mass is 19.2. The molecule has 124 valence electrons. The second-order valence-electron chi connectivity index (χ2n) is 5.21. The number of carbonyl (C=O) groups is 1.